The average Bonchev–Trinajstić information content (AvgIpc) is 1.82. The maximum atomic E-state index is 13.0. The Balaban J connectivity index is 5.31. The van der Waals surface area contributed by atoms with Gasteiger partial charge in [0, 0.05) is 25.7 Å². The Morgan fingerprint density at radius 3 is 0.913 bits per heavy atom. The van der Waals surface area contributed by atoms with Crippen molar-refractivity contribution >= 4 is 39.5 Å². The highest BCUT2D eigenvalue weighted by molar-refractivity contribution is 7.47. The van der Waals surface area contributed by atoms with Crippen LogP contribution in [-0.4, -0.2) is 96.7 Å². The minimum absolute atomic E-state index is 0.0785. The van der Waals surface area contributed by atoms with Crippen molar-refractivity contribution in [2.24, 2.45) is 0 Å². The lowest BCUT2D eigenvalue weighted by molar-refractivity contribution is -0.161. The molecule has 5 unspecified atom stereocenters. The van der Waals surface area contributed by atoms with Crippen LogP contribution >= 0.6 is 15.6 Å². The van der Waals surface area contributed by atoms with Gasteiger partial charge in [0.25, 0.3) is 0 Å². The number of phosphoric ester groups is 2. The van der Waals surface area contributed by atoms with E-state index in [1.807, 2.05) is 0 Å². The van der Waals surface area contributed by atoms with E-state index in [0.717, 1.165) is 154 Å². The summed E-state index contributed by atoms with van der Waals surface area (Å²) in [7, 11) is -9.93. The molecule has 0 aromatic carbocycles. The summed E-state index contributed by atoms with van der Waals surface area (Å²) in [6.07, 6.45) is 62.2. The molecule has 536 valence electrons. The summed E-state index contributed by atoms with van der Waals surface area (Å²) in [4.78, 5) is 72.6. The van der Waals surface area contributed by atoms with Gasteiger partial charge in [-0.2, -0.15) is 0 Å². The predicted molar refractivity (Wildman–Crippen MR) is 372 cm³/mol. The molecule has 17 nitrogen and oxygen atoms in total. The molecule has 0 amide bonds. The minimum atomic E-state index is -4.97. The second-order valence-electron chi connectivity index (χ2n) is 24.5. The molecular formula is C73H132O17P2. The van der Waals surface area contributed by atoms with Crippen LogP contribution in [-0.2, 0) is 65.4 Å². The Morgan fingerprint density at radius 1 is 0.304 bits per heavy atom. The molecule has 0 saturated carbocycles. The minimum Gasteiger partial charge on any atom is -0.462 e. The first kappa shape index (κ1) is 88.8. The maximum absolute atomic E-state index is 13.0. The molecule has 0 aliphatic carbocycles. The largest absolute Gasteiger partial charge is 0.472 e. The molecule has 3 N–H and O–H groups in total. The van der Waals surface area contributed by atoms with Gasteiger partial charge in [0.1, 0.15) is 19.3 Å². The third kappa shape index (κ3) is 65.4. The second kappa shape index (κ2) is 66.4. The first-order chi connectivity index (χ1) is 44.7. The van der Waals surface area contributed by atoms with Crippen LogP contribution in [0.25, 0.3) is 0 Å². The second-order valence-corrected chi connectivity index (χ2v) is 27.4. The van der Waals surface area contributed by atoms with E-state index in [1.54, 1.807) is 0 Å². The number of carbonyl (C=O) groups is 4. The molecule has 0 aliphatic rings. The van der Waals surface area contributed by atoms with Crippen LogP contribution < -0.4 is 0 Å². The van der Waals surface area contributed by atoms with Gasteiger partial charge in [-0.05, 0) is 103 Å². The first-order valence-corrected chi connectivity index (χ1v) is 39.5. The van der Waals surface area contributed by atoms with Gasteiger partial charge < -0.3 is 33.8 Å². The smallest absolute Gasteiger partial charge is 0.462 e. The van der Waals surface area contributed by atoms with Crippen LogP contribution in [0.3, 0.4) is 0 Å². The molecule has 0 saturated heterocycles. The van der Waals surface area contributed by atoms with Crippen molar-refractivity contribution in [1.29, 1.82) is 0 Å². The monoisotopic (exact) mass is 1340 g/mol. The summed E-state index contributed by atoms with van der Waals surface area (Å²) in [5.74, 6) is -2.19. The average molecular weight is 1340 g/mol. The van der Waals surface area contributed by atoms with E-state index in [9.17, 15) is 43.2 Å². The zero-order valence-corrected chi connectivity index (χ0v) is 60.0. The van der Waals surface area contributed by atoms with Crippen LogP contribution in [0.5, 0.6) is 0 Å². The van der Waals surface area contributed by atoms with Crippen LogP contribution in [0.2, 0.25) is 0 Å². The van der Waals surface area contributed by atoms with Gasteiger partial charge in [0.2, 0.25) is 0 Å². The number of allylic oxidation sites excluding steroid dienone is 10. The molecule has 0 aromatic heterocycles. The van der Waals surface area contributed by atoms with Gasteiger partial charge >= 0.3 is 39.5 Å². The van der Waals surface area contributed by atoms with Gasteiger partial charge in [0.05, 0.1) is 26.4 Å². The Labute approximate surface area is 559 Å². The van der Waals surface area contributed by atoms with E-state index in [1.165, 1.54) is 89.9 Å². The van der Waals surface area contributed by atoms with E-state index < -0.39 is 97.5 Å². The molecule has 0 fully saturated rings. The summed E-state index contributed by atoms with van der Waals surface area (Å²) in [6, 6.07) is 0. The molecule has 92 heavy (non-hydrogen) atoms. The maximum Gasteiger partial charge on any atom is 0.472 e. The topological polar surface area (TPSA) is 237 Å². The molecule has 0 aliphatic heterocycles. The predicted octanol–water partition coefficient (Wildman–Crippen LogP) is 20.3. The highest BCUT2D eigenvalue weighted by Crippen LogP contribution is 2.45. The molecule has 0 bridgehead atoms. The van der Waals surface area contributed by atoms with E-state index in [0.29, 0.717) is 25.7 Å². The lowest BCUT2D eigenvalue weighted by atomic mass is 10.0. The third-order valence-electron chi connectivity index (χ3n) is 15.4. The van der Waals surface area contributed by atoms with Gasteiger partial charge in [-0.1, -0.05) is 255 Å². The Bertz CT molecular complexity index is 1990. The highest BCUT2D eigenvalue weighted by Gasteiger charge is 2.30. The fraction of sp³-hybridized carbons (Fsp3) is 0.808. The van der Waals surface area contributed by atoms with E-state index >= 15 is 0 Å². The number of aliphatic hydroxyl groups is 1. The molecule has 0 radical (unpaired) electrons. The first-order valence-electron chi connectivity index (χ1n) is 36.5. The number of phosphoric acid groups is 2. The summed E-state index contributed by atoms with van der Waals surface area (Å²) in [6.45, 7) is 4.73. The van der Waals surface area contributed by atoms with Gasteiger partial charge in [-0.3, -0.25) is 37.3 Å². The van der Waals surface area contributed by atoms with Gasteiger partial charge in [0.15, 0.2) is 12.2 Å². The lowest BCUT2D eigenvalue weighted by Crippen LogP contribution is -2.30. The number of esters is 4. The highest BCUT2D eigenvalue weighted by atomic mass is 31.2. The van der Waals surface area contributed by atoms with Crippen LogP contribution in [0, 0.1) is 0 Å². The van der Waals surface area contributed by atoms with E-state index in [-0.39, 0.29) is 25.7 Å². The number of carbonyl (C=O) groups excluding carboxylic acids is 4. The van der Waals surface area contributed by atoms with E-state index in [4.69, 9.17) is 37.0 Å². The Morgan fingerprint density at radius 2 is 0.565 bits per heavy atom. The van der Waals surface area contributed by atoms with Crippen molar-refractivity contribution in [3.05, 3.63) is 60.8 Å². The summed E-state index contributed by atoms with van der Waals surface area (Å²) >= 11 is 0. The van der Waals surface area contributed by atoms with Crippen molar-refractivity contribution in [2.75, 3.05) is 39.6 Å². The SMILES string of the molecule is CCC/C=C\C/C=C\CCCCCCCC(=O)OC(COC(=O)CCCCCCC/C=C\C/C=C\CCCCC)COP(=O)(O)OCC(O)COP(=O)(O)OCC(COC(=O)CCCCCCCCCCCCCCC)OC(=O)CCCCCCC/C=C\CCCC. The fourth-order valence-corrected chi connectivity index (χ4v) is 11.4. The van der Waals surface area contributed by atoms with Crippen molar-refractivity contribution in [2.45, 2.75) is 341 Å². The molecule has 0 aromatic rings. The lowest BCUT2D eigenvalue weighted by Gasteiger charge is -2.21. The molecule has 0 heterocycles. The quantitative estimate of drug-likeness (QED) is 0.0169. The standard InChI is InChI=1S/C73H132O17P2/c1-5-9-13-17-21-25-29-32-33-36-39-42-46-50-54-58-71(76)84-64-69(90-73(78)60-56-52-48-44-40-35-31-27-23-19-15-11-7-3)66-88-92(81,82)86-62-67(74)61-85-91(79,80)87-65-68(89-72(77)59-55-51-47-43-37-28-24-20-16-12-8-4)63-83-70(75)57-53-49-45-41-38-34-30-26-22-18-14-10-6-2/h15,19-21,24-25,27,31-33,67-69,74H,5-14,16-18,22-23,26,28-30,34-66H2,1-4H3,(H,79,80)(H,81,82)/b19-15-,24-20-,25-21-,31-27-,33-32-. The summed E-state index contributed by atoms with van der Waals surface area (Å²) in [5, 5.41) is 10.6. The molecular weight excluding hydrogens is 1210 g/mol. The van der Waals surface area contributed by atoms with Gasteiger partial charge in [-0.15, -0.1) is 0 Å². The Hall–Kier alpha value is -3.24. The normalized spacial score (nSPS) is 14.4. The number of aliphatic hydroxyl groups excluding tert-OH is 1. The van der Waals surface area contributed by atoms with Crippen LogP contribution in [0.4, 0.5) is 0 Å². The summed E-state index contributed by atoms with van der Waals surface area (Å²) < 4.78 is 68.3. The molecule has 5 atom stereocenters. The molecule has 0 spiro atoms. The number of hydrogen-bond donors (Lipinski definition) is 3. The molecule has 0 rings (SSSR count). The van der Waals surface area contributed by atoms with Crippen molar-refractivity contribution in [1.82, 2.24) is 0 Å². The number of unbranched alkanes of at least 4 members (excludes halogenated alkanes) is 33. The number of rotatable bonds is 69. The fourth-order valence-electron chi connectivity index (χ4n) is 9.80. The zero-order chi connectivity index (χ0) is 67.5. The molecule has 19 heteroatoms. The van der Waals surface area contributed by atoms with Crippen LogP contribution in [0.1, 0.15) is 323 Å². The summed E-state index contributed by atoms with van der Waals surface area (Å²) in [5.41, 5.74) is 0. The Kier molecular flexibility index (Phi) is 64.0. The van der Waals surface area contributed by atoms with Crippen molar-refractivity contribution in [3.63, 3.8) is 0 Å². The third-order valence-corrected chi connectivity index (χ3v) is 17.3. The number of ether oxygens (including phenoxy) is 4. The zero-order valence-electron chi connectivity index (χ0n) is 58.2. The van der Waals surface area contributed by atoms with Crippen molar-refractivity contribution in [3.8, 4) is 0 Å². The van der Waals surface area contributed by atoms with E-state index in [2.05, 4.69) is 88.5 Å². The van der Waals surface area contributed by atoms with Crippen molar-refractivity contribution < 1.29 is 80.2 Å². The number of hydrogen-bond acceptors (Lipinski definition) is 15. The van der Waals surface area contributed by atoms with Gasteiger partial charge in [-0.25, -0.2) is 9.13 Å². The van der Waals surface area contributed by atoms with Crippen LogP contribution in [0.15, 0.2) is 60.8 Å².